The number of hydrogen-bond donors (Lipinski definition) is 1. The Kier molecular flexibility index (Phi) is 9.44. The van der Waals surface area contributed by atoms with Crippen LogP contribution in [0.5, 0.6) is 0 Å². The Hall–Kier alpha value is -1.81. The quantitative estimate of drug-likeness (QED) is 0.474. The second kappa shape index (κ2) is 11.3. The first-order valence-corrected chi connectivity index (χ1v) is 13.8. The number of nitrogens with one attached hydrogen (secondary N) is 1. The van der Waals surface area contributed by atoms with E-state index in [1.807, 2.05) is 20.8 Å². The molecular formula is C23H28BrCl2N3O4S. The highest BCUT2D eigenvalue weighted by atomic mass is 79.9. The lowest BCUT2D eigenvalue weighted by atomic mass is 10.1. The molecule has 0 radical (unpaired) electrons. The van der Waals surface area contributed by atoms with Gasteiger partial charge in [0.2, 0.25) is 21.8 Å². The van der Waals surface area contributed by atoms with Crippen molar-refractivity contribution in [3.05, 3.63) is 62.5 Å². The third-order valence-corrected chi connectivity index (χ3v) is 7.34. The van der Waals surface area contributed by atoms with Gasteiger partial charge in [-0.05, 0) is 73.5 Å². The molecule has 11 heteroatoms. The fraction of sp³-hybridized carbons (Fsp3) is 0.391. The van der Waals surface area contributed by atoms with Crippen molar-refractivity contribution in [2.24, 2.45) is 0 Å². The average Bonchev–Trinajstić information content (AvgIpc) is 2.70. The highest BCUT2D eigenvalue weighted by Gasteiger charge is 2.31. The Morgan fingerprint density at radius 3 is 2.24 bits per heavy atom. The zero-order chi connectivity index (χ0) is 25.8. The normalized spacial score (nSPS) is 12.7. The Bertz CT molecular complexity index is 1170. The first kappa shape index (κ1) is 28.4. The molecule has 2 aromatic rings. The van der Waals surface area contributed by atoms with Gasteiger partial charge < -0.3 is 10.2 Å². The minimum absolute atomic E-state index is 0.0298. The third kappa shape index (κ3) is 7.86. The van der Waals surface area contributed by atoms with Gasteiger partial charge >= 0.3 is 0 Å². The van der Waals surface area contributed by atoms with E-state index >= 15 is 0 Å². The van der Waals surface area contributed by atoms with Crippen LogP contribution in [0.4, 0.5) is 5.69 Å². The molecule has 0 spiro atoms. The first-order chi connectivity index (χ1) is 15.6. The van der Waals surface area contributed by atoms with Crippen LogP contribution in [0.1, 0.15) is 33.3 Å². The first-order valence-electron chi connectivity index (χ1n) is 10.4. The largest absolute Gasteiger partial charge is 0.350 e. The molecule has 0 saturated heterocycles. The Morgan fingerprint density at radius 1 is 1.09 bits per heavy atom. The number of anilines is 1. The summed E-state index contributed by atoms with van der Waals surface area (Å²) < 4.78 is 26.7. The van der Waals surface area contributed by atoms with Gasteiger partial charge in [0.25, 0.3) is 0 Å². The van der Waals surface area contributed by atoms with Crippen LogP contribution in [0.3, 0.4) is 0 Å². The molecule has 2 amide bonds. The van der Waals surface area contributed by atoms with Gasteiger partial charge in [-0.2, -0.15) is 0 Å². The molecule has 0 aromatic heterocycles. The van der Waals surface area contributed by atoms with Crippen molar-refractivity contribution >= 4 is 66.7 Å². The molecule has 186 valence electrons. The van der Waals surface area contributed by atoms with Crippen LogP contribution in [-0.4, -0.2) is 49.5 Å². The summed E-state index contributed by atoms with van der Waals surface area (Å²) in [6.45, 7) is 6.64. The standard InChI is InChI=1S/C23H28BrCl2N3O4S/c1-15(22(31)27-23(2,3)4)28(13-16-10-11-18(25)19(26)12-16)21(30)14-29(34(5,32)33)20-9-7-6-8-17(20)24/h6-12,15H,13-14H2,1-5H3,(H,27,31)/t15-/m1/s1. The van der Waals surface area contributed by atoms with Crippen LogP contribution < -0.4 is 9.62 Å². The second-order valence-corrected chi connectivity index (χ2v) is 12.5. The number of halogens is 3. The Labute approximate surface area is 219 Å². The molecule has 0 aliphatic rings. The van der Waals surface area contributed by atoms with Gasteiger partial charge in [0.15, 0.2) is 0 Å². The van der Waals surface area contributed by atoms with Crippen LogP contribution >= 0.6 is 39.1 Å². The van der Waals surface area contributed by atoms with Crippen molar-refractivity contribution in [1.82, 2.24) is 10.2 Å². The Morgan fingerprint density at radius 2 is 1.71 bits per heavy atom. The predicted octanol–water partition coefficient (Wildman–Crippen LogP) is 4.85. The SMILES string of the molecule is C[C@H](C(=O)NC(C)(C)C)N(Cc1ccc(Cl)c(Cl)c1)C(=O)CN(c1ccccc1Br)S(C)(=O)=O. The highest BCUT2D eigenvalue weighted by molar-refractivity contribution is 9.10. The number of carbonyl (C=O) groups is 2. The molecule has 1 N–H and O–H groups in total. The summed E-state index contributed by atoms with van der Waals surface area (Å²) in [5, 5.41) is 3.54. The van der Waals surface area contributed by atoms with Crippen molar-refractivity contribution in [1.29, 1.82) is 0 Å². The van der Waals surface area contributed by atoms with Crippen molar-refractivity contribution in [3.63, 3.8) is 0 Å². The van der Waals surface area contributed by atoms with Crippen LogP contribution in [0.2, 0.25) is 10.0 Å². The molecule has 0 fully saturated rings. The average molecular weight is 593 g/mol. The maximum Gasteiger partial charge on any atom is 0.244 e. The van der Waals surface area contributed by atoms with Crippen molar-refractivity contribution in [3.8, 4) is 0 Å². The van der Waals surface area contributed by atoms with E-state index < -0.39 is 34.1 Å². The van der Waals surface area contributed by atoms with E-state index in [2.05, 4.69) is 21.2 Å². The molecule has 1 atom stereocenters. The zero-order valence-corrected chi connectivity index (χ0v) is 23.5. The molecule has 2 aromatic carbocycles. The second-order valence-electron chi connectivity index (χ2n) is 8.91. The Balaban J connectivity index is 2.44. The van der Waals surface area contributed by atoms with Gasteiger partial charge in [-0.15, -0.1) is 0 Å². The summed E-state index contributed by atoms with van der Waals surface area (Å²) in [6.07, 6.45) is 1.03. The minimum Gasteiger partial charge on any atom is -0.350 e. The van der Waals surface area contributed by atoms with E-state index in [4.69, 9.17) is 23.2 Å². The molecule has 2 rings (SSSR count). The third-order valence-electron chi connectivity index (χ3n) is 4.80. The predicted molar refractivity (Wildman–Crippen MR) is 141 cm³/mol. The monoisotopic (exact) mass is 591 g/mol. The van der Waals surface area contributed by atoms with E-state index in [-0.39, 0.29) is 12.5 Å². The van der Waals surface area contributed by atoms with Crippen molar-refractivity contribution in [2.75, 3.05) is 17.1 Å². The smallest absolute Gasteiger partial charge is 0.244 e. The van der Waals surface area contributed by atoms with Crippen molar-refractivity contribution < 1.29 is 18.0 Å². The summed E-state index contributed by atoms with van der Waals surface area (Å²) in [4.78, 5) is 27.8. The van der Waals surface area contributed by atoms with Gasteiger partial charge in [0.1, 0.15) is 12.6 Å². The van der Waals surface area contributed by atoms with Crippen LogP contribution in [-0.2, 0) is 26.2 Å². The van der Waals surface area contributed by atoms with Gasteiger partial charge in [0, 0.05) is 16.6 Å². The molecule has 0 aliphatic heterocycles. The lowest BCUT2D eigenvalue weighted by Crippen LogP contribution is -2.54. The number of nitrogens with zero attached hydrogens (tertiary/aromatic N) is 2. The summed E-state index contributed by atoms with van der Waals surface area (Å²) in [6, 6.07) is 10.7. The molecule has 0 unspecified atom stereocenters. The lowest BCUT2D eigenvalue weighted by molar-refractivity contribution is -0.140. The molecule has 7 nitrogen and oxygen atoms in total. The molecular weight excluding hydrogens is 565 g/mol. The highest BCUT2D eigenvalue weighted by Crippen LogP contribution is 2.28. The summed E-state index contributed by atoms with van der Waals surface area (Å²) in [5.74, 6) is -0.920. The number of hydrogen-bond acceptors (Lipinski definition) is 4. The molecule has 0 aliphatic carbocycles. The van der Waals surface area contributed by atoms with Gasteiger partial charge in [-0.25, -0.2) is 8.42 Å². The number of carbonyl (C=O) groups excluding carboxylic acids is 2. The fourth-order valence-corrected chi connectivity index (χ4v) is 4.94. The van der Waals surface area contributed by atoms with Gasteiger partial charge in [0.05, 0.1) is 22.0 Å². The van der Waals surface area contributed by atoms with Gasteiger partial charge in [-0.3, -0.25) is 13.9 Å². The molecule has 0 heterocycles. The van der Waals surface area contributed by atoms with E-state index in [1.54, 1.807) is 49.4 Å². The fourth-order valence-electron chi connectivity index (χ4n) is 3.14. The van der Waals surface area contributed by atoms with Crippen LogP contribution in [0.15, 0.2) is 46.9 Å². The number of rotatable bonds is 8. The van der Waals surface area contributed by atoms with E-state index in [9.17, 15) is 18.0 Å². The minimum atomic E-state index is -3.81. The molecule has 0 saturated carbocycles. The maximum absolute atomic E-state index is 13.5. The topological polar surface area (TPSA) is 86.8 Å². The summed E-state index contributed by atoms with van der Waals surface area (Å²) in [7, 11) is -3.81. The van der Waals surface area contributed by atoms with Crippen LogP contribution in [0.25, 0.3) is 0 Å². The van der Waals surface area contributed by atoms with E-state index in [0.29, 0.717) is 25.8 Å². The summed E-state index contributed by atoms with van der Waals surface area (Å²) >= 11 is 15.5. The van der Waals surface area contributed by atoms with E-state index in [0.717, 1.165) is 10.6 Å². The van der Waals surface area contributed by atoms with Gasteiger partial charge in [-0.1, -0.05) is 41.4 Å². The van der Waals surface area contributed by atoms with E-state index in [1.165, 1.54) is 4.90 Å². The van der Waals surface area contributed by atoms with Crippen LogP contribution in [0, 0.1) is 0 Å². The number of sulfonamides is 1. The zero-order valence-electron chi connectivity index (χ0n) is 19.6. The molecule has 0 bridgehead atoms. The number of para-hydroxylation sites is 1. The maximum atomic E-state index is 13.5. The molecule has 34 heavy (non-hydrogen) atoms. The summed E-state index contributed by atoms with van der Waals surface area (Å²) in [5.41, 5.74) is 0.446. The number of amides is 2. The van der Waals surface area contributed by atoms with Crippen molar-refractivity contribution in [2.45, 2.75) is 45.8 Å². The number of benzene rings is 2. The lowest BCUT2D eigenvalue weighted by Gasteiger charge is -2.33.